The average Bonchev–Trinajstić information content (AvgIpc) is 2.73. The van der Waals surface area contributed by atoms with E-state index in [4.69, 9.17) is 0 Å². The molecule has 0 spiro atoms. The van der Waals surface area contributed by atoms with Crippen molar-refractivity contribution >= 4 is 21.8 Å². The molecule has 1 amide bonds. The second-order valence-electron chi connectivity index (χ2n) is 4.97. The first-order valence-corrected chi connectivity index (χ1v) is 7.30. The quantitative estimate of drug-likeness (QED) is 0.933. The van der Waals surface area contributed by atoms with Crippen molar-refractivity contribution in [1.82, 2.24) is 15.1 Å². The van der Waals surface area contributed by atoms with Crippen LogP contribution in [0.25, 0.3) is 0 Å². The van der Waals surface area contributed by atoms with Gasteiger partial charge in [0.05, 0.1) is 11.8 Å². The summed E-state index contributed by atoms with van der Waals surface area (Å²) in [5, 5.41) is 7.10. The summed E-state index contributed by atoms with van der Waals surface area (Å²) in [6, 6.07) is 8.21. The number of carbonyl (C=O) groups is 1. The molecule has 0 radical (unpaired) electrons. The summed E-state index contributed by atoms with van der Waals surface area (Å²) in [5.41, 5.74) is 2.71. The summed E-state index contributed by atoms with van der Waals surface area (Å²) in [6.07, 6.45) is 2.41. The van der Waals surface area contributed by atoms with E-state index >= 15 is 0 Å². The van der Waals surface area contributed by atoms with Crippen molar-refractivity contribution in [2.24, 2.45) is 7.05 Å². The van der Waals surface area contributed by atoms with Gasteiger partial charge in [0, 0.05) is 23.3 Å². The minimum atomic E-state index is -0.0692. The van der Waals surface area contributed by atoms with Crippen molar-refractivity contribution in [2.75, 3.05) is 0 Å². The lowest BCUT2D eigenvalue weighted by molar-refractivity contribution is 0.0939. The maximum absolute atomic E-state index is 12.2. The van der Waals surface area contributed by atoms with E-state index in [2.05, 4.69) is 38.5 Å². The van der Waals surface area contributed by atoms with Gasteiger partial charge in [0.15, 0.2) is 0 Å². The van der Waals surface area contributed by atoms with Crippen LogP contribution in [0.15, 0.2) is 34.9 Å². The third-order valence-electron chi connectivity index (χ3n) is 3.31. The third-order valence-corrected chi connectivity index (χ3v) is 3.84. The van der Waals surface area contributed by atoms with Crippen molar-refractivity contribution < 1.29 is 4.79 Å². The maximum atomic E-state index is 12.2. The average molecular weight is 336 g/mol. The fourth-order valence-electron chi connectivity index (χ4n) is 2.05. The molecule has 0 aliphatic heterocycles. The van der Waals surface area contributed by atoms with Gasteiger partial charge in [0.25, 0.3) is 5.91 Å². The summed E-state index contributed by atoms with van der Waals surface area (Å²) >= 11 is 3.41. The number of amides is 1. The van der Waals surface area contributed by atoms with E-state index in [0.717, 1.165) is 16.6 Å². The Kier molecular flexibility index (Phi) is 4.60. The number of hydrogen-bond acceptors (Lipinski definition) is 2. The van der Waals surface area contributed by atoms with Crippen LogP contribution in [0.1, 0.15) is 28.5 Å². The van der Waals surface area contributed by atoms with Crippen molar-refractivity contribution in [3.8, 4) is 0 Å². The van der Waals surface area contributed by atoms with Gasteiger partial charge in [-0.2, -0.15) is 5.10 Å². The molecule has 1 heterocycles. The Hall–Kier alpha value is -1.62. The summed E-state index contributed by atoms with van der Waals surface area (Å²) in [7, 11) is 1.83. The number of carbonyl (C=O) groups excluding carboxylic acids is 1. The molecule has 0 unspecified atom stereocenters. The molecule has 1 aromatic heterocycles. The Morgan fingerprint density at radius 2 is 2.05 bits per heavy atom. The molecule has 20 heavy (non-hydrogen) atoms. The van der Waals surface area contributed by atoms with Crippen LogP contribution < -0.4 is 5.32 Å². The molecule has 0 saturated heterocycles. The first kappa shape index (κ1) is 14.8. The zero-order chi connectivity index (χ0) is 14.7. The largest absolute Gasteiger partial charge is 0.349 e. The van der Waals surface area contributed by atoms with Crippen LogP contribution in [0.4, 0.5) is 0 Å². The molecule has 0 bridgehead atoms. The molecule has 106 valence electrons. The van der Waals surface area contributed by atoms with Gasteiger partial charge < -0.3 is 5.32 Å². The van der Waals surface area contributed by atoms with Gasteiger partial charge in [-0.15, -0.1) is 0 Å². The molecule has 0 fully saturated rings. The topological polar surface area (TPSA) is 46.9 Å². The fraction of sp³-hybridized carbons (Fsp3) is 0.333. The number of nitrogens with one attached hydrogen (secondary N) is 1. The molecule has 1 atom stereocenters. The SMILES string of the molecule is Cc1c(C(=O)N[C@@H](C)Cc2ccc(Br)cc2)cnn1C. The third kappa shape index (κ3) is 3.48. The highest BCUT2D eigenvalue weighted by Gasteiger charge is 2.15. The van der Waals surface area contributed by atoms with Crippen molar-refractivity contribution in [3.05, 3.63) is 51.8 Å². The number of rotatable bonds is 4. The lowest BCUT2D eigenvalue weighted by atomic mass is 10.1. The van der Waals surface area contributed by atoms with Crippen LogP contribution in [0.2, 0.25) is 0 Å². The predicted octanol–water partition coefficient (Wildman–Crippen LogP) is 2.85. The van der Waals surface area contributed by atoms with Crippen LogP contribution in [0.3, 0.4) is 0 Å². The molecular weight excluding hydrogens is 318 g/mol. The number of aryl methyl sites for hydroxylation is 1. The molecule has 0 saturated carbocycles. The van der Waals surface area contributed by atoms with E-state index < -0.39 is 0 Å². The highest BCUT2D eigenvalue weighted by molar-refractivity contribution is 9.10. The zero-order valence-electron chi connectivity index (χ0n) is 11.9. The Labute approximate surface area is 127 Å². The van der Waals surface area contributed by atoms with E-state index in [0.29, 0.717) is 5.56 Å². The van der Waals surface area contributed by atoms with Crippen molar-refractivity contribution in [3.63, 3.8) is 0 Å². The van der Waals surface area contributed by atoms with Crippen molar-refractivity contribution in [2.45, 2.75) is 26.3 Å². The van der Waals surface area contributed by atoms with E-state index in [9.17, 15) is 4.79 Å². The number of aromatic nitrogens is 2. The Bertz CT molecular complexity index is 604. The Balaban J connectivity index is 1.97. The minimum absolute atomic E-state index is 0.0692. The second-order valence-corrected chi connectivity index (χ2v) is 5.89. The van der Waals surface area contributed by atoms with Crippen LogP contribution in [0.5, 0.6) is 0 Å². The molecule has 2 rings (SSSR count). The summed E-state index contributed by atoms with van der Waals surface area (Å²) < 4.78 is 2.76. The Morgan fingerprint density at radius 1 is 1.40 bits per heavy atom. The van der Waals surface area contributed by atoms with Gasteiger partial charge in [-0.1, -0.05) is 28.1 Å². The standard InChI is InChI=1S/C15H18BrN3O/c1-10(8-12-4-6-13(16)7-5-12)18-15(20)14-9-17-19(3)11(14)2/h4-7,9-10H,8H2,1-3H3,(H,18,20)/t10-/m0/s1. The maximum Gasteiger partial charge on any atom is 0.254 e. The van der Waals surface area contributed by atoms with Gasteiger partial charge in [-0.05, 0) is 38.0 Å². The van der Waals surface area contributed by atoms with Gasteiger partial charge in [0.1, 0.15) is 0 Å². The fourth-order valence-corrected chi connectivity index (χ4v) is 2.31. The normalized spacial score (nSPS) is 12.2. The highest BCUT2D eigenvalue weighted by Crippen LogP contribution is 2.12. The molecule has 0 aliphatic rings. The first-order valence-electron chi connectivity index (χ1n) is 6.51. The Morgan fingerprint density at radius 3 is 2.60 bits per heavy atom. The number of nitrogens with zero attached hydrogens (tertiary/aromatic N) is 2. The molecule has 1 aromatic carbocycles. The van der Waals surface area contributed by atoms with Crippen LogP contribution >= 0.6 is 15.9 Å². The van der Waals surface area contributed by atoms with E-state index in [1.165, 1.54) is 5.56 Å². The molecule has 5 heteroatoms. The molecule has 0 aliphatic carbocycles. The van der Waals surface area contributed by atoms with E-state index in [1.54, 1.807) is 10.9 Å². The lowest BCUT2D eigenvalue weighted by Gasteiger charge is -2.14. The van der Waals surface area contributed by atoms with Gasteiger partial charge in [-0.3, -0.25) is 9.48 Å². The van der Waals surface area contributed by atoms with Crippen LogP contribution in [-0.2, 0) is 13.5 Å². The predicted molar refractivity (Wildman–Crippen MR) is 82.7 cm³/mol. The molecule has 1 N–H and O–H groups in total. The van der Waals surface area contributed by atoms with Gasteiger partial charge in [0.2, 0.25) is 0 Å². The summed E-state index contributed by atoms with van der Waals surface area (Å²) in [4.78, 5) is 12.2. The van der Waals surface area contributed by atoms with Crippen LogP contribution in [-0.4, -0.2) is 21.7 Å². The van der Waals surface area contributed by atoms with E-state index in [1.807, 2.05) is 33.0 Å². The number of halogens is 1. The zero-order valence-corrected chi connectivity index (χ0v) is 13.4. The van der Waals surface area contributed by atoms with E-state index in [-0.39, 0.29) is 11.9 Å². The molecular formula is C15H18BrN3O. The minimum Gasteiger partial charge on any atom is -0.349 e. The van der Waals surface area contributed by atoms with Gasteiger partial charge >= 0.3 is 0 Å². The molecule has 4 nitrogen and oxygen atoms in total. The highest BCUT2D eigenvalue weighted by atomic mass is 79.9. The summed E-state index contributed by atoms with van der Waals surface area (Å²) in [5.74, 6) is -0.0692. The van der Waals surface area contributed by atoms with Crippen LogP contribution in [0, 0.1) is 6.92 Å². The number of hydrogen-bond donors (Lipinski definition) is 1. The summed E-state index contributed by atoms with van der Waals surface area (Å²) in [6.45, 7) is 3.90. The first-order chi connectivity index (χ1) is 9.47. The lowest BCUT2D eigenvalue weighted by Crippen LogP contribution is -2.34. The van der Waals surface area contributed by atoms with Crippen molar-refractivity contribution in [1.29, 1.82) is 0 Å². The van der Waals surface area contributed by atoms with Gasteiger partial charge in [-0.25, -0.2) is 0 Å². The monoisotopic (exact) mass is 335 g/mol. The second kappa shape index (κ2) is 6.22. The number of benzene rings is 1. The molecule has 2 aromatic rings. The smallest absolute Gasteiger partial charge is 0.254 e.